The van der Waals surface area contributed by atoms with Gasteiger partial charge in [-0.2, -0.15) is 0 Å². The zero-order valence-corrected chi connectivity index (χ0v) is 14.1. The lowest BCUT2D eigenvalue weighted by Gasteiger charge is -2.01. The molecule has 2 heteroatoms. The Balaban J connectivity index is 3.79. The molecule has 0 aliphatic carbocycles. The van der Waals surface area contributed by atoms with Gasteiger partial charge in [0.15, 0.2) is 0 Å². The van der Waals surface area contributed by atoms with Gasteiger partial charge < -0.3 is 5.32 Å². The first-order valence-electron chi connectivity index (χ1n) is 7.94. The van der Waals surface area contributed by atoms with Crippen LogP contribution in [0.3, 0.4) is 0 Å². The fourth-order valence-electron chi connectivity index (χ4n) is 1.74. The molecule has 0 radical (unpaired) electrons. The van der Waals surface area contributed by atoms with Crippen LogP contribution in [0.15, 0.2) is 47.6 Å². The molecule has 0 saturated heterocycles. The minimum Gasteiger partial charge on any atom is -0.349 e. The first kappa shape index (κ1) is 19.4. The van der Waals surface area contributed by atoms with Gasteiger partial charge in [0.2, 0.25) is 5.91 Å². The zero-order chi connectivity index (χ0) is 15.9. The van der Waals surface area contributed by atoms with E-state index in [1.807, 2.05) is 6.08 Å². The Bertz CT molecular complexity index is 396. The van der Waals surface area contributed by atoms with Crippen LogP contribution >= 0.6 is 0 Å². The number of hydrogen-bond acceptors (Lipinski definition) is 1. The molecule has 21 heavy (non-hydrogen) atoms. The van der Waals surface area contributed by atoms with E-state index in [0.29, 0.717) is 6.54 Å². The third-order valence-electron chi connectivity index (χ3n) is 2.99. The summed E-state index contributed by atoms with van der Waals surface area (Å²) in [7, 11) is 0. The third kappa shape index (κ3) is 14.6. The van der Waals surface area contributed by atoms with Crippen molar-refractivity contribution in [2.45, 2.75) is 59.8 Å². The molecule has 0 saturated carbocycles. The summed E-state index contributed by atoms with van der Waals surface area (Å²) in [6.07, 6.45) is 17.3. The Morgan fingerprint density at radius 2 is 1.67 bits per heavy atom. The topological polar surface area (TPSA) is 29.1 Å². The van der Waals surface area contributed by atoms with Crippen molar-refractivity contribution in [1.82, 2.24) is 5.32 Å². The molecule has 1 amide bonds. The lowest BCUT2D eigenvalue weighted by molar-refractivity contribution is -0.116. The Morgan fingerprint density at radius 3 is 2.33 bits per heavy atom. The van der Waals surface area contributed by atoms with Crippen LogP contribution in [-0.2, 0) is 4.79 Å². The molecule has 1 N–H and O–H groups in total. The van der Waals surface area contributed by atoms with Crippen molar-refractivity contribution in [1.29, 1.82) is 0 Å². The Kier molecular flexibility index (Phi) is 12.4. The molecule has 0 aromatic carbocycles. The monoisotopic (exact) mass is 289 g/mol. The van der Waals surface area contributed by atoms with Crippen LogP contribution in [0.4, 0.5) is 0 Å². The van der Waals surface area contributed by atoms with Crippen LogP contribution < -0.4 is 5.32 Å². The van der Waals surface area contributed by atoms with Crippen LogP contribution in [-0.4, -0.2) is 12.5 Å². The highest BCUT2D eigenvalue weighted by atomic mass is 16.1. The van der Waals surface area contributed by atoms with E-state index in [-0.39, 0.29) is 5.91 Å². The number of carbonyl (C=O) groups excluding carboxylic acids is 1. The number of unbranched alkanes of at least 4 members (excludes halogenated alkanes) is 1. The summed E-state index contributed by atoms with van der Waals surface area (Å²) in [5.74, 6) is -0.0113. The number of nitrogens with one attached hydrogen (secondary N) is 1. The van der Waals surface area contributed by atoms with Crippen molar-refractivity contribution in [3.63, 3.8) is 0 Å². The number of rotatable bonds is 10. The molecule has 0 heterocycles. The fourth-order valence-corrected chi connectivity index (χ4v) is 1.74. The van der Waals surface area contributed by atoms with E-state index in [0.717, 1.165) is 32.1 Å². The van der Waals surface area contributed by atoms with Crippen LogP contribution in [0.25, 0.3) is 0 Å². The van der Waals surface area contributed by atoms with Gasteiger partial charge in [-0.25, -0.2) is 0 Å². The zero-order valence-electron chi connectivity index (χ0n) is 14.1. The highest BCUT2D eigenvalue weighted by Gasteiger charge is 1.93. The summed E-state index contributed by atoms with van der Waals surface area (Å²) >= 11 is 0. The maximum Gasteiger partial charge on any atom is 0.243 e. The molecular formula is C19H31NO. The van der Waals surface area contributed by atoms with Crippen molar-refractivity contribution in [3.05, 3.63) is 47.6 Å². The number of allylic oxidation sites excluding steroid dienone is 6. The molecule has 0 bridgehead atoms. The van der Waals surface area contributed by atoms with Crippen molar-refractivity contribution in [2.24, 2.45) is 0 Å². The van der Waals surface area contributed by atoms with E-state index in [1.54, 1.807) is 6.08 Å². The minimum atomic E-state index is -0.0113. The second kappa shape index (κ2) is 13.4. The molecule has 0 spiro atoms. The molecule has 0 aromatic rings. The summed E-state index contributed by atoms with van der Waals surface area (Å²) in [4.78, 5) is 11.6. The molecule has 2 nitrogen and oxygen atoms in total. The van der Waals surface area contributed by atoms with E-state index in [9.17, 15) is 4.79 Å². The fraction of sp³-hybridized carbons (Fsp3) is 0.526. The summed E-state index contributed by atoms with van der Waals surface area (Å²) in [5, 5.41) is 2.88. The van der Waals surface area contributed by atoms with Gasteiger partial charge in [-0.3, -0.25) is 4.79 Å². The van der Waals surface area contributed by atoms with Gasteiger partial charge in [-0.15, -0.1) is 0 Å². The van der Waals surface area contributed by atoms with Gasteiger partial charge >= 0.3 is 0 Å². The molecule has 0 aliphatic rings. The second-order valence-corrected chi connectivity index (χ2v) is 5.48. The van der Waals surface area contributed by atoms with Gasteiger partial charge in [0.1, 0.15) is 0 Å². The highest BCUT2D eigenvalue weighted by Crippen LogP contribution is 2.05. The number of carbonyl (C=O) groups is 1. The molecule has 0 rings (SSSR count). The summed E-state index contributed by atoms with van der Waals surface area (Å²) < 4.78 is 0. The third-order valence-corrected chi connectivity index (χ3v) is 2.99. The molecule has 0 aromatic heterocycles. The van der Waals surface area contributed by atoms with E-state index in [1.165, 1.54) is 11.1 Å². The quantitative estimate of drug-likeness (QED) is 0.338. The lowest BCUT2D eigenvalue weighted by Crippen LogP contribution is -2.20. The standard InChI is InChI=1S/C19H31NO/c1-5-6-7-8-9-10-14-19(21)20-16-15-18(4)13-11-12-17(2)3/h6-7,10,12,14-15H,5,8-9,11,13,16H2,1-4H3,(H,20,21)/b7-6?,14-10?,18-15+. The SMILES string of the molecule is CCC=CCCC=CC(=O)NC/C=C(\C)CCC=C(C)C. The first-order valence-corrected chi connectivity index (χ1v) is 7.94. The molecule has 0 unspecified atom stereocenters. The van der Waals surface area contributed by atoms with Crippen molar-refractivity contribution in [3.8, 4) is 0 Å². The van der Waals surface area contributed by atoms with Crippen molar-refractivity contribution >= 4 is 5.91 Å². The maximum absolute atomic E-state index is 11.6. The van der Waals surface area contributed by atoms with Gasteiger partial charge in [0.25, 0.3) is 0 Å². The lowest BCUT2D eigenvalue weighted by atomic mass is 10.1. The van der Waals surface area contributed by atoms with Gasteiger partial charge in [-0.1, -0.05) is 48.5 Å². The average molecular weight is 289 g/mol. The van der Waals surface area contributed by atoms with Gasteiger partial charge in [0.05, 0.1) is 0 Å². The normalized spacial score (nSPS) is 12.1. The van der Waals surface area contributed by atoms with E-state index >= 15 is 0 Å². The summed E-state index contributed by atoms with van der Waals surface area (Å²) in [5.41, 5.74) is 2.68. The maximum atomic E-state index is 11.6. The average Bonchev–Trinajstić information content (AvgIpc) is 2.42. The van der Waals surface area contributed by atoms with E-state index in [4.69, 9.17) is 0 Å². The van der Waals surface area contributed by atoms with Crippen LogP contribution in [0.5, 0.6) is 0 Å². The summed E-state index contributed by atoms with van der Waals surface area (Å²) in [6.45, 7) is 9.07. The molecule has 118 valence electrons. The molecule has 0 atom stereocenters. The van der Waals surface area contributed by atoms with Crippen molar-refractivity contribution < 1.29 is 4.79 Å². The van der Waals surface area contributed by atoms with E-state index < -0.39 is 0 Å². The number of hydrogen-bond donors (Lipinski definition) is 1. The summed E-state index contributed by atoms with van der Waals surface area (Å²) in [6, 6.07) is 0. The molecular weight excluding hydrogens is 258 g/mol. The van der Waals surface area contributed by atoms with Crippen LogP contribution in [0.2, 0.25) is 0 Å². The van der Waals surface area contributed by atoms with Crippen LogP contribution in [0, 0.1) is 0 Å². The Hall–Kier alpha value is -1.57. The van der Waals surface area contributed by atoms with Gasteiger partial charge in [-0.05, 0) is 59.0 Å². The second-order valence-electron chi connectivity index (χ2n) is 5.48. The highest BCUT2D eigenvalue weighted by molar-refractivity contribution is 5.87. The largest absolute Gasteiger partial charge is 0.349 e. The predicted molar refractivity (Wildman–Crippen MR) is 93.2 cm³/mol. The molecule has 0 fully saturated rings. The predicted octanol–water partition coefficient (Wildman–Crippen LogP) is 5.10. The first-order chi connectivity index (χ1) is 10.1. The molecule has 0 aliphatic heterocycles. The van der Waals surface area contributed by atoms with Crippen LogP contribution in [0.1, 0.15) is 59.8 Å². The Labute approximate surface area is 130 Å². The smallest absolute Gasteiger partial charge is 0.243 e. The van der Waals surface area contributed by atoms with E-state index in [2.05, 4.69) is 57.3 Å². The number of amides is 1. The van der Waals surface area contributed by atoms with Crippen molar-refractivity contribution in [2.75, 3.05) is 6.54 Å². The Morgan fingerprint density at radius 1 is 0.952 bits per heavy atom. The van der Waals surface area contributed by atoms with Gasteiger partial charge in [0, 0.05) is 6.54 Å². The minimum absolute atomic E-state index is 0.0113.